The monoisotopic (exact) mass is 242 g/mol. The lowest BCUT2D eigenvalue weighted by molar-refractivity contribution is -0.0118. The molecule has 0 amide bonds. The fourth-order valence-corrected chi connectivity index (χ4v) is 1.71. The van der Waals surface area contributed by atoms with E-state index in [1.807, 2.05) is 13.8 Å². The van der Waals surface area contributed by atoms with E-state index < -0.39 is 5.60 Å². The molecule has 0 aromatic heterocycles. The molecular formula is C12H19FN2O2. The molecule has 0 aliphatic carbocycles. The Kier molecular flexibility index (Phi) is 4.45. The molecule has 4 nitrogen and oxygen atoms in total. The van der Waals surface area contributed by atoms with Gasteiger partial charge in [0.2, 0.25) is 0 Å². The SMILES string of the molecule is COc1ccc(F)cc1C(NN)C(C)(C)OC. The van der Waals surface area contributed by atoms with Crippen LogP contribution in [0.1, 0.15) is 25.5 Å². The normalized spacial score (nSPS) is 13.5. The highest BCUT2D eigenvalue weighted by molar-refractivity contribution is 5.37. The minimum absolute atomic E-state index is 0.340. The van der Waals surface area contributed by atoms with Crippen LogP contribution < -0.4 is 16.0 Å². The Morgan fingerprint density at radius 2 is 2.00 bits per heavy atom. The zero-order valence-electron chi connectivity index (χ0n) is 10.6. The average Bonchev–Trinajstić information content (AvgIpc) is 2.30. The van der Waals surface area contributed by atoms with Crippen LogP contribution >= 0.6 is 0 Å². The first-order chi connectivity index (χ1) is 7.96. The minimum atomic E-state index is -0.587. The highest BCUT2D eigenvalue weighted by Crippen LogP contribution is 2.34. The predicted octanol–water partition coefficient (Wildman–Crippen LogP) is 1.76. The van der Waals surface area contributed by atoms with Crippen LogP contribution in [-0.2, 0) is 4.74 Å². The van der Waals surface area contributed by atoms with Crippen molar-refractivity contribution < 1.29 is 13.9 Å². The lowest BCUT2D eigenvalue weighted by atomic mass is 9.91. The number of nitrogens with two attached hydrogens (primary N) is 1. The van der Waals surface area contributed by atoms with Crippen molar-refractivity contribution in [3.63, 3.8) is 0 Å². The van der Waals surface area contributed by atoms with Crippen molar-refractivity contribution in [2.45, 2.75) is 25.5 Å². The Bertz CT molecular complexity index is 383. The van der Waals surface area contributed by atoms with E-state index in [9.17, 15) is 4.39 Å². The van der Waals surface area contributed by atoms with Crippen LogP contribution in [0.2, 0.25) is 0 Å². The van der Waals surface area contributed by atoms with Crippen LogP contribution in [-0.4, -0.2) is 19.8 Å². The standard InChI is InChI=1S/C12H19FN2O2/c1-12(2,17-4)11(15-14)9-7-8(13)5-6-10(9)16-3/h5-7,11,15H,14H2,1-4H3. The fourth-order valence-electron chi connectivity index (χ4n) is 1.71. The van der Waals surface area contributed by atoms with Crippen LogP contribution in [0.15, 0.2) is 18.2 Å². The first-order valence-corrected chi connectivity index (χ1v) is 5.31. The first kappa shape index (κ1) is 13.9. The first-order valence-electron chi connectivity index (χ1n) is 5.31. The molecule has 96 valence electrons. The zero-order valence-corrected chi connectivity index (χ0v) is 10.6. The van der Waals surface area contributed by atoms with Gasteiger partial charge in [0, 0.05) is 12.7 Å². The van der Waals surface area contributed by atoms with E-state index in [1.165, 1.54) is 19.2 Å². The highest BCUT2D eigenvalue weighted by Gasteiger charge is 2.32. The molecule has 1 unspecified atom stereocenters. The number of ether oxygens (including phenoxy) is 2. The molecular weight excluding hydrogens is 223 g/mol. The van der Waals surface area contributed by atoms with Crippen molar-refractivity contribution in [2.24, 2.45) is 5.84 Å². The van der Waals surface area contributed by atoms with Crippen LogP contribution in [0.3, 0.4) is 0 Å². The van der Waals surface area contributed by atoms with Gasteiger partial charge in [0.05, 0.1) is 18.8 Å². The van der Waals surface area contributed by atoms with Gasteiger partial charge in [-0.2, -0.15) is 0 Å². The summed E-state index contributed by atoms with van der Waals surface area (Å²) in [5.74, 6) is 5.76. The van der Waals surface area contributed by atoms with Crippen molar-refractivity contribution in [2.75, 3.05) is 14.2 Å². The summed E-state index contributed by atoms with van der Waals surface area (Å²) in [7, 11) is 3.11. The number of hydrazine groups is 1. The van der Waals surface area contributed by atoms with E-state index >= 15 is 0 Å². The third-order valence-electron chi connectivity index (χ3n) is 2.89. The van der Waals surface area contributed by atoms with Gasteiger partial charge in [0.15, 0.2) is 0 Å². The van der Waals surface area contributed by atoms with Crippen LogP contribution in [0.5, 0.6) is 5.75 Å². The Morgan fingerprint density at radius 1 is 1.35 bits per heavy atom. The molecule has 0 saturated carbocycles. The summed E-state index contributed by atoms with van der Waals surface area (Å²) in [6.45, 7) is 3.73. The Morgan fingerprint density at radius 3 is 2.47 bits per heavy atom. The van der Waals surface area contributed by atoms with Gasteiger partial charge in [-0.25, -0.2) is 9.82 Å². The number of benzene rings is 1. The molecule has 5 heteroatoms. The van der Waals surface area contributed by atoms with Crippen LogP contribution in [0, 0.1) is 5.82 Å². The lowest BCUT2D eigenvalue weighted by Gasteiger charge is -2.33. The van der Waals surface area contributed by atoms with Crippen LogP contribution in [0.25, 0.3) is 0 Å². The van der Waals surface area contributed by atoms with Crippen molar-refractivity contribution in [3.05, 3.63) is 29.6 Å². The zero-order chi connectivity index (χ0) is 13.1. The van der Waals surface area contributed by atoms with Gasteiger partial charge >= 0.3 is 0 Å². The van der Waals surface area contributed by atoms with Crippen molar-refractivity contribution in [1.82, 2.24) is 5.43 Å². The molecule has 0 aliphatic heterocycles. The molecule has 1 atom stereocenters. The molecule has 1 aromatic carbocycles. The van der Waals surface area contributed by atoms with Gasteiger partial charge in [-0.05, 0) is 32.0 Å². The molecule has 0 saturated heterocycles. The second-order valence-corrected chi connectivity index (χ2v) is 4.29. The second-order valence-electron chi connectivity index (χ2n) is 4.29. The smallest absolute Gasteiger partial charge is 0.124 e. The van der Waals surface area contributed by atoms with Gasteiger partial charge in [-0.3, -0.25) is 5.84 Å². The van der Waals surface area contributed by atoms with Crippen molar-refractivity contribution in [1.29, 1.82) is 0 Å². The average molecular weight is 242 g/mol. The summed E-state index contributed by atoms with van der Waals surface area (Å²) < 4.78 is 23.9. The van der Waals surface area contributed by atoms with Gasteiger partial charge in [-0.15, -0.1) is 0 Å². The van der Waals surface area contributed by atoms with E-state index in [4.69, 9.17) is 15.3 Å². The summed E-state index contributed by atoms with van der Waals surface area (Å²) in [6.07, 6.45) is 0. The molecule has 17 heavy (non-hydrogen) atoms. The number of rotatable bonds is 5. The Labute approximate surface area is 101 Å². The maximum Gasteiger partial charge on any atom is 0.124 e. The Hall–Kier alpha value is -1.17. The van der Waals surface area contributed by atoms with Crippen molar-refractivity contribution in [3.8, 4) is 5.75 Å². The van der Waals surface area contributed by atoms with E-state index in [1.54, 1.807) is 13.2 Å². The highest BCUT2D eigenvalue weighted by atomic mass is 19.1. The molecule has 0 aliphatic rings. The molecule has 1 rings (SSSR count). The molecule has 0 radical (unpaired) electrons. The van der Waals surface area contributed by atoms with Crippen LogP contribution in [0.4, 0.5) is 4.39 Å². The maximum absolute atomic E-state index is 13.3. The maximum atomic E-state index is 13.3. The number of hydrogen-bond acceptors (Lipinski definition) is 4. The lowest BCUT2D eigenvalue weighted by Crippen LogP contribution is -2.44. The number of methoxy groups -OCH3 is 2. The van der Waals surface area contributed by atoms with Gasteiger partial charge in [-0.1, -0.05) is 0 Å². The fraction of sp³-hybridized carbons (Fsp3) is 0.500. The summed E-state index contributed by atoms with van der Waals surface area (Å²) >= 11 is 0. The van der Waals surface area contributed by atoms with E-state index in [-0.39, 0.29) is 11.9 Å². The molecule has 0 heterocycles. The molecule has 0 fully saturated rings. The second kappa shape index (κ2) is 5.44. The summed E-state index contributed by atoms with van der Waals surface area (Å²) in [5.41, 5.74) is 2.68. The molecule has 3 N–H and O–H groups in total. The summed E-state index contributed by atoms with van der Waals surface area (Å²) in [4.78, 5) is 0. The van der Waals surface area contributed by atoms with Gasteiger partial charge < -0.3 is 9.47 Å². The molecule has 0 bridgehead atoms. The van der Waals surface area contributed by atoms with Gasteiger partial charge in [0.25, 0.3) is 0 Å². The van der Waals surface area contributed by atoms with E-state index in [2.05, 4.69) is 5.43 Å². The van der Waals surface area contributed by atoms with Gasteiger partial charge in [0.1, 0.15) is 11.6 Å². The topological polar surface area (TPSA) is 56.5 Å². The van der Waals surface area contributed by atoms with E-state index in [0.717, 1.165) is 0 Å². The molecule has 1 aromatic rings. The number of halogens is 1. The molecule has 0 spiro atoms. The number of nitrogens with one attached hydrogen (secondary N) is 1. The summed E-state index contributed by atoms with van der Waals surface area (Å²) in [6, 6.07) is 3.93. The Balaban J connectivity index is 3.23. The minimum Gasteiger partial charge on any atom is -0.496 e. The third kappa shape index (κ3) is 2.94. The number of hydrogen-bond donors (Lipinski definition) is 2. The predicted molar refractivity (Wildman–Crippen MR) is 64.1 cm³/mol. The summed E-state index contributed by atoms with van der Waals surface area (Å²) in [5, 5.41) is 0. The quantitative estimate of drug-likeness (QED) is 0.610. The largest absolute Gasteiger partial charge is 0.496 e. The van der Waals surface area contributed by atoms with Crippen molar-refractivity contribution >= 4 is 0 Å². The van der Waals surface area contributed by atoms with E-state index in [0.29, 0.717) is 11.3 Å². The third-order valence-corrected chi connectivity index (χ3v) is 2.89.